The molecule has 0 bridgehead atoms. The van der Waals surface area contributed by atoms with E-state index in [1.165, 1.54) is 0 Å². The SMILES string of the molecule is Cc1ccc(C)c(NC(=O)[C@@H](c2ccccc2)N2CCNC(=O)C2)c1. The van der Waals surface area contributed by atoms with Crippen LogP contribution < -0.4 is 10.6 Å². The van der Waals surface area contributed by atoms with Crippen LogP contribution >= 0.6 is 0 Å². The maximum atomic E-state index is 13.1. The van der Waals surface area contributed by atoms with Crippen LogP contribution in [0.1, 0.15) is 22.7 Å². The van der Waals surface area contributed by atoms with Crippen molar-refractivity contribution >= 4 is 17.5 Å². The third kappa shape index (κ3) is 4.06. The van der Waals surface area contributed by atoms with Crippen LogP contribution in [0.2, 0.25) is 0 Å². The lowest BCUT2D eigenvalue weighted by atomic mass is 10.0. The zero-order valence-electron chi connectivity index (χ0n) is 14.6. The number of benzene rings is 2. The predicted molar refractivity (Wildman–Crippen MR) is 98.3 cm³/mol. The van der Waals surface area contributed by atoms with Crippen LogP contribution in [-0.4, -0.2) is 36.3 Å². The van der Waals surface area contributed by atoms with Gasteiger partial charge >= 0.3 is 0 Å². The van der Waals surface area contributed by atoms with Gasteiger partial charge in [-0.05, 0) is 36.6 Å². The van der Waals surface area contributed by atoms with Crippen LogP contribution in [0.25, 0.3) is 0 Å². The number of nitrogens with zero attached hydrogens (tertiary/aromatic N) is 1. The smallest absolute Gasteiger partial charge is 0.246 e. The summed E-state index contributed by atoms with van der Waals surface area (Å²) < 4.78 is 0. The minimum Gasteiger partial charge on any atom is -0.354 e. The van der Waals surface area contributed by atoms with E-state index in [1.807, 2.05) is 67.3 Å². The summed E-state index contributed by atoms with van der Waals surface area (Å²) in [4.78, 5) is 26.8. The quantitative estimate of drug-likeness (QED) is 0.901. The molecule has 130 valence electrons. The van der Waals surface area contributed by atoms with Crippen LogP contribution in [0.5, 0.6) is 0 Å². The highest BCUT2D eigenvalue weighted by Crippen LogP contribution is 2.25. The summed E-state index contributed by atoms with van der Waals surface area (Å²) in [6, 6.07) is 15.1. The largest absolute Gasteiger partial charge is 0.354 e. The zero-order chi connectivity index (χ0) is 17.8. The third-order valence-electron chi connectivity index (χ3n) is 4.45. The Morgan fingerprint density at radius 1 is 1.16 bits per heavy atom. The van der Waals surface area contributed by atoms with Gasteiger partial charge in [-0.2, -0.15) is 0 Å². The lowest BCUT2D eigenvalue weighted by Crippen LogP contribution is -2.51. The van der Waals surface area contributed by atoms with Crippen molar-refractivity contribution in [2.75, 3.05) is 25.0 Å². The summed E-state index contributed by atoms with van der Waals surface area (Å²) in [5, 5.41) is 5.86. The standard InChI is InChI=1S/C20H23N3O2/c1-14-8-9-15(2)17(12-14)22-20(25)19(16-6-4-3-5-7-16)23-11-10-21-18(24)13-23/h3-9,12,19H,10-11,13H2,1-2H3,(H,21,24)(H,22,25)/t19-/m1/s1. The molecule has 3 rings (SSSR count). The van der Waals surface area contributed by atoms with Gasteiger partial charge in [0.2, 0.25) is 11.8 Å². The molecule has 5 heteroatoms. The molecule has 2 amide bonds. The van der Waals surface area contributed by atoms with Crippen LogP contribution in [-0.2, 0) is 9.59 Å². The summed E-state index contributed by atoms with van der Waals surface area (Å²) >= 11 is 0. The molecule has 0 spiro atoms. The van der Waals surface area contributed by atoms with Crippen molar-refractivity contribution in [3.05, 3.63) is 65.2 Å². The monoisotopic (exact) mass is 337 g/mol. The third-order valence-corrected chi connectivity index (χ3v) is 4.45. The van der Waals surface area contributed by atoms with E-state index in [2.05, 4.69) is 10.6 Å². The first-order valence-electron chi connectivity index (χ1n) is 8.48. The Bertz CT molecular complexity index is 774. The van der Waals surface area contributed by atoms with Crippen molar-refractivity contribution in [3.63, 3.8) is 0 Å². The van der Waals surface area contributed by atoms with E-state index in [0.29, 0.717) is 13.1 Å². The van der Waals surface area contributed by atoms with E-state index >= 15 is 0 Å². The number of amides is 2. The molecule has 2 N–H and O–H groups in total. The summed E-state index contributed by atoms with van der Waals surface area (Å²) in [5.74, 6) is -0.165. The number of piperazine rings is 1. The first-order valence-corrected chi connectivity index (χ1v) is 8.48. The molecule has 0 aliphatic carbocycles. The Kier molecular flexibility index (Phi) is 5.14. The van der Waals surface area contributed by atoms with Gasteiger partial charge in [0, 0.05) is 18.8 Å². The lowest BCUT2D eigenvalue weighted by molar-refractivity contribution is -0.128. The molecule has 25 heavy (non-hydrogen) atoms. The van der Waals surface area contributed by atoms with E-state index in [-0.39, 0.29) is 18.4 Å². The molecule has 1 fully saturated rings. The second-order valence-corrected chi connectivity index (χ2v) is 6.44. The average molecular weight is 337 g/mol. The van der Waals surface area contributed by atoms with E-state index in [9.17, 15) is 9.59 Å². The van der Waals surface area contributed by atoms with Gasteiger partial charge in [-0.1, -0.05) is 42.5 Å². The van der Waals surface area contributed by atoms with Crippen molar-refractivity contribution in [1.82, 2.24) is 10.2 Å². The van der Waals surface area contributed by atoms with Crippen LogP contribution in [0.3, 0.4) is 0 Å². The fourth-order valence-electron chi connectivity index (χ4n) is 3.11. The van der Waals surface area contributed by atoms with Crippen molar-refractivity contribution in [3.8, 4) is 0 Å². The molecule has 1 aliphatic rings. The van der Waals surface area contributed by atoms with Crippen LogP contribution in [0, 0.1) is 13.8 Å². The number of rotatable bonds is 4. The van der Waals surface area contributed by atoms with Gasteiger partial charge in [-0.15, -0.1) is 0 Å². The molecular formula is C20H23N3O2. The molecule has 0 saturated carbocycles. The van der Waals surface area contributed by atoms with E-state index in [4.69, 9.17) is 0 Å². The Hall–Kier alpha value is -2.66. The molecule has 0 radical (unpaired) electrons. The highest BCUT2D eigenvalue weighted by molar-refractivity contribution is 5.96. The van der Waals surface area contributed by atoms with E-state index < -0.39 is 6.04 Å². The first kappa shape index (κ1) is 17.2. The summed E-state index contributed by atoms with van der Waals surface area (Å²) in [6.07, 6.45) is 0. The zero-order valence-corrected chi connectivity index (χ0v) is 14.6. The van der Waals surface area contributed by atoms with Gasteiger partial charge in [-0.3, -0.25) is 14.5 Å². The van der Waals surface area contributed by atoms with Crippen molar-refractivity contribution in [1.29, 1.82) is 0 Å². The van der Waals surface area contributed by atoms with Gasteiger partial charge in [0.15, 0.2) is 0 Å². The fraction of sp³-hybridized carbons (Fsp3) is 0.300. The number of anilines is 1. The summed E-state index contributed by atoms with van der Waals surface area (Å²) in [6.45, 7) is 5.39. The molecule has 2 aromatic rings. The number of carbonyl (C=O) groups is 2. The summed E-state index contributed by atoms with van der Waals surface area (Å²) in [7, 11) is 0. The summed E-state index contributed by atoms with van der Waals surface area (Å²) in [5.41, 5.74) is 3.81. The van der Waals surface area contributed by atoms with Crippen LogP contribution in [0.15, 0.2) is 48.5 Å². The van der Waals surface area contributed by atoms with Crippen molar-refractivity contribution in [2.45, 2.75) is 19.9 Å². The second-order valence-electron chi connectivity index (χ2n) is 6.44. The van der Waals surface area contributed by atoms with Crippen molar-refractivity contribution < 1.29 is 9.59 Å². The molecule has 1 heterocycles. The van der Waals surface area contributed by atoms with Gasteiger partial charge in [0.25, 0.3) is 0 Å². The normalized spacial score (nSPS) is 16.2. The number of hydrogen-bond acceptors (Lipinski definition) is 3. The topological polar surface area (TPSA) is 61.4 Å². The highest BCUT2D eigenvalue weighted by atomic mass is 16.2. The average Bonchev–Trinajstić information content (AvgIpc) is 2.59. The molecule has 0 aromatic heterocycles. The molecule has 0 unspecified atom stereocenters. The van der Waals surface area contributed by atoms with Gasteiger partial charge in [0.1, 0.15) is 6.04 Å². The Balaban J connectivity index is 1.89. The molecule has 5 nitrogen and oxygen atoms in total. The Labute approximate surface area is 148 Å². The second kappa shape index (κ2) is 7.49. The number of aryl methyl sites for hydroxylation is 2. The molecule has 1 saturated heterocycles. The fourth-order valence-corrected chi connectivity index (χ4v) is 3.11. The Morgan fingerprint density at radius 3 is 2.64 bits per heavy atom. The van der Waals surface area contributed by atoms with Crippen molar-refractivity contribution in [2.24, 2.45) is 0 Å². The number of nitrogens with one attached hydrogen (secondary N) is 2. The first-order chi connectivity index (χ1) is 12.0. The highest BCUT2D eigenvalue weighted by Gasteiger charge is 2.31. The van der Waals surface area contributed by atoms with E-state index in [0.717, 1.165) is 22.4 Å². The number of hydrogen-bond donors (Lipinski definition) is 2. The maximum absolute atomic E-state index is 13.1. The van der Waals surface area contributed by atoms with Gasteiger partial charge in [0.05, 0.1) is 6.54 Å². The molecular weight excluding hydrogens is 314 g/mol. The lowest BCUT2D eigenvalue weighted by Gasteiger charge is -2.33. The Morgan fingerprint density at radius 2 is 1.92 bits per heavy atom. The maximum Gasteiger partial charge on any atom is 0.246 e. The van der Waals surface area contributed by atoms with Gasteiger partial charge < -0.3 is 10.6 Å². The minimum absolute atomic E-state index is 0.0493. The van der Waals surface area contributed by atoms with E-state index in [1.54, 1.807) is 0 Å². The molecule has 2 aromatic carbocycles. The predicted octanol–water partition coefficient (Wildman–Crippen LogP) is 2.42. The van der Waals surface area contributed by atoms with Crippen LogP contribution in [0.4, 0.5) is 5.69 Å². The minimum atomic E-state index is -0.493. The number of carbonyl (C=O) groups excluding carboxylic acids is 2. The molecule has 1 aliphatic heterocycles. The molecule has 1 atom stereocenters. The van der Waals surface area contributed by atoms with Gasteiger partial charge in [-0.25, -0.2) is 0 Å².